The van der Waals surface area contributed by atoms with Gasteiger partial charge in [-0.2, -0.15) is 0 Å². The molecule has 0 aliphatic carbocycles. The van der Waals surface area contributed by atoms with E-state index in [1.807, 2.05) is 0 Å². The molecule has 6 nitrogen and oxygen atoms in total. The SMILES string of the molecule is COc1c(N(CC(C)C)CC2CCCN2)nc[nH]c1=O. The molecule has 0 spiro atoms. The van der Waals surface area contributed by atoms with E-state index >= 15 is 0 Å². The minimum absolute atomic E-state index is 0.231. The van der Waals surface area contributed by atoms with Gasteiger partial charge in [0, 0.05) is 19.1 Å². The highest BCUT2D eigenvalue weighted by Gasteiger charge is 2.23. The molecular weight excluding hydrogens is 256 g/mol. The fourth-order valence-corrected chi connectivity index (χ4v) is 2.65. The van der Waals surface area contributed by atoms with Gasteiger partial charge in [0.15, 0.2) is 5.82 Å². The van der Waals surface area contributed by atoms with Crippen molar-refractivity contribution in [1.82, 2.24) is 15.3 Å². The van der Waals surface area contributed by atoms with E-state index in [0.29, 0.717) is 23.5 Å². The maximum absolute atomic E-state index is 11.8. The molecule has 1 aromatic heterocycles. The van der Waals surface area contributed by atoms with Gasteiger partial charge in [-0.3, -0.25) is 4.79 Å². The molecule has 20 heavy (non-hydrogen) atoms. The Balaban J connectivity index is 2.25. The predicted octanol–water partition coefficient (Wildman–Crippen LogP) is 0.993. The molecule has 1 aliphatic rings. The molecule has 0 aromatic carbocycles. The van der Waals surface area contributed by atoms with Crippen LogP contribution in [0.4, 0.5) is 5.82 Å². The van der Waals surface area contributed by atoms with Gasteiger partial charge in [-0.15, -0.1) is 0 Å². The molecule has 1 atom stereocenters. The van der Waals surface area contributed by atoms with Gasteiger partial charge >= 0.3 is 0 Å². The normalized spacial score (nSPS) is 18.5. The second kappa shape index (κ2) is 6.74. The van der Waals surface area contributed by atoms with Gasteiger partial charge < -0.3 is 19.9 Å². The first-order valence-electron chi connectivity index (χ1n) is 7.21. The Morgan fingerprint density at radius 1 is 1.55 bits per heavy atom. The average Bonchev–Trinajstić information content (AvgIpc) is 2.90. The number of anilines is 1. The lowest BCUT2D eigenvalue weighted by atomic mass is 10.1. The summed E-state index contributed by atoms with van der Waals surface area (Å²) < 4.78 is 5.23. The summed E-state index contributed by atoms with van der Waals surface area (Å²) in [6.07, 6.45) is 3.82. The van der Waals surface area contributed by atoms with Crippen molar-refractivity contribution in [3.8, 4) is 5.75 Å². The van der Waals surface area contributed by atoms with E-state index in [0.717, 1.165) is 19.6 Å². The number of aromatic nitrogens is 2. The highest BCUT2D eigenvalue weighted by molar-refractivity contribution is 5.50. The number of methoxy groups -OCH3 is 1. The standard InChI is InChI=1S/C14H24N4O2/c1-10(2)7-18(8-11-5-4-6-15-11)13-12(20-3)14(19)17-9-16-13/h9-11,15H,4-8H2,1-3H3,(H,16,17,19). The number of hydrogen-bond acceptors (Lipinski definition) is 5. The van der Waals surface area contributed by atoms with Crippen LogP contribution < -0.4 is 20.5 Å². The van der Waals surface area contributed by atoms with Crippen molar-refractivity contribution in [3.63, 3.8) is 0 Å². The van der Waals surface area contributed by atoms with Gasteiger partial charge in [-0.05, 0) is 25.3 Å². The van der Waals surface area contributed by atoms with Crippen LogP contribution in [0.3, 0.4) is 0 Å². The fourth-order valence-electron chi connectivity index (χ4n) is 2.65. The maximum Gasteiger partial charge on any atom is 0.295 e. The van der Waals surface area contributed by atoms with Gasteiger partial charge in [0.05, 0.1) is 13.4 Å². The van der Waals surface area contributed by atoms with Crippen molar-refractivity contribution in [2.24, 2.45) is 5.92 Å². The molecule has 0 saturated carbocycles. The first kappa shape index (κ1) is 14.8. The van der Waals surface area contributed by atoms with E-state index in [1.54, 1.807) is 0 Å². The second-order valence-corrected chi connectivity index (χ2v) is 5.68. The van der Waals surface area contributed by atoms with E-state index < -0.39 is 0 Å². The number of hydrogen-bond donors (Lipinski definition) is 2. The lowest BCUT2D eigenvalue weighted by Gasteiger charge is -2.29. The lowest BCUT2D eigenvalue weighted by molar-refractivity contribution is 0.403. The van der Waals surface area contributed by atoms with Crippen LogP contribution in [0.1, 0.15) is 26.7 Å². The van der Waals surface area contributed by atoms with Crippen LogP contribution in [0, 0.1) is 5.92 Å². The Bertz CT molecular complexity index is 480. The minimum atomic E-state index is -0.231. The van der Waals surface area contributed by atoms with Crippen molar-refractivity contribution < 1.29 is 4.74 Å². The maximum atomic E-state index is 11.8. The molecule has 6 heteroatoms. The molecule has 0 radical (unpaired) electrons. The number of nitrogens with zero attached hydrogens (tertiary/aromatic N) is 2. The van der Waals surface area contributed by atoms with Crippen molar-refractivity contribution >= 4 is 5.82 Å². The molecule has 1 aliphatic heterocycles. The Hall–Kier alpha value is -1.56. The Labute approximate surface area is 119 Å². The van der Waals surface area contributed by atoms with Gasteiger partial charge in [0.2, 0.25) is 5.75 Å². The first-order valence-corrected chi connectivity index (χ1v) is 7.21. The molecule has 2 rings (SSSR count). The summed E-state index contributed by atoms with van der Waals surface area (Å²) in [7, 11) is 1.51. The molecule has 1 unspecified atom stereocenters. The molecule has 0 amide bonds. The zero-order chi connectivity index (χ0) is 14.5. The van der Waals surface area contributed by atoms with Crippen molar-refractivity contribution in [2.45, 2.75) is 32.7 Å². The van der Waals surface area contributed by atoms with E-state index in [2.05, 4.69) is 34.0 Å². The van der Waals surface area contributed by atoms with E-state index in [1.165, 1.54) is 26.3 Å². The fraction of sp³-hybridized carbons (Fsp3) is 0.714. The monoisotopic (exact) mass is 280 g/mol. The Morgan fingerprint density at radius 2 is 2.35 bits per heavy atom. The summed E-state index contributed by atoms with van der Waals surface area (Å²) in [5.74, 6) is 1.42. The topological polar surface area (TPSA) is 70.2 Å². The van der Waals surface area contributed by atoms with Gasteiger partial charge in [0.25, 0.3) is 5.56 Å². The average molecular weight is 280 g/mol. The molecule has 0 bridgehead atoms. The van der Waals surface area contributed by atoms with Gasteiger partial charge in [0.1, 0.15) is 0 Å². The summed E-state index contributed by atoms with van der Waals surface area (Å²) in [5, 5.41) is 3.49. The molecule has 112 valence electrons. The third-order valence-electron chi connectivity index (χ3n) is 3.48. The van der Waals surface area contributed by atoms with Crippen LogP contribution in [-0.2, 0) is 0 Å². The van der Waals surface area contributed by atoms with Gasteiger partial charge in [-0.1, -0.05) is 13.8 Å². The predicted molar refractivity (Wildman–Crippen MR) is 79.5 cm³/mol. The Kier molecular flexibility index (Phi) is 5.00. The Morgan fingerprint density at radius 3 is 2.95 bits per heavy atom. The number of rotatable bonds is 6. The number of H-pyrrole nitrogens is 1. The zero-order valence-electron chi connectivity index (χ0n) is 12.5. The minimum Gasteiger partial charge on any atom is -0.489 e. The summed E-state index contributed by atoms with van der Waals surface area (Å²) >= 11 is 0. The van der Waals surface area contributed by atoms with Crippen LogP contribution in [0.25, 0.3) is 0 Å². The van der Waals surface area contributed by atoms with Crippen LogP contribution in [0.5, 0.6) is 5.75 Å². The van der Waals surface area contributed by atoms with Crippen LogP contribution in [-0.4, -0.2) is 42.8 Å². The smallest absolute Gasteiger partial charge is 0.295 e. The quantitative estimate of drug-likeness (QED) is 0.813. The van der Waals surface area contributed by atoms with Crippen LogP contribution in [0.15, 0.2) is 11.1 Å². The van der Waals surface area contributed by atoms with Crippen LogP contribution in [0.2, 0.25) is 0 Å². The lowest BCUT2D eigenvalue weighted by Crippen LogP contribution is -2.40. The zero-order valence-corrected chi connectivity index (χ0v) is 12.5. The van der Waals surface area contributed by atoms with E-state index in [4.69, 9.17) is 4.74 Å². The highest BCUT2D eigenvalue weighted by Crippen LogP contribution is 2.22. The number of nitrogens with one attached hydrogen (secondary N) is 2. The van der Waals surface area contributed by atoms with Crippen molar-refractivity contribution in [1.29, 1.82) is 0 Å². The molecular formula is C14H24N4O2. The summed E-state index contributed by atoms with van der Waals surface area (Å²) in [6, 6.07) is 0.458. The summed E-state index contributed by atoms with van der Waals surface area (Å²) in [6.45, 7) is 7.10. The van der Waals surface area contributed by atoms with E-state index in [-0.39, 0.29) is 5.56 Å². The third-order valence-corrected chi connectivity index (χ3v) is 3.48. The third kappa shape index (κ3) is 3.50. The molecule has 1 fully saturated rings. The number of ether oxygens (including phenoxy) is 1. The highest BCUT2D eigenvalue weighted by atomic mass is 16.5. The largest absolute Gasteiger partial charge is 0.489 e. The van der Waals surface area contributed by atoms with Crippen molar-refractivity contribution in [2.75, 3.05) is 31.6 Å². The summed E-state index contributed by atoms with van der Waals surface area (Å²) in [5.41, 5.74) is -0.231. The van der Waals surface area contributed by atoms with Crippen molar-refractivity contribution in [3.05, 3.63) is 16.7 Å². The molecule has 2 N–H and O–H groups in total. The first-order chi connectivity index (χ1) is 9.61. The summed E-state index contributed by atoms with van der Waals surface area (Å²) in [4.78, 5) is 20.9. The molecule has 2 heterocycles. The second-order valence-electron chi connectivity index (χ2n) is 5.68. The number of aromatic amines is 1. The van der Waals surface area contributed by atoms with Gasteiger partial charge in [-0.25, -0.2) is 4.98 Å². The van der Waals surface area contributed by atoms with Crippen LogP contribution >= 0.6 is 0 Å². The molecule has 1 aromatic rings. The van der Waals surface area contributed by atoms with E-state index in [9.17, 15) is 4.79 Å². The molecule has 1 saturated heterocycles.